The number of aliphatic imine (C=N–C) groups is 1. The van der Waals surface area contributed by atoms with Gasteiger partial charge in [-0.15, -0.1) is 12.3 Å². The Morgan fingerprint density at radius 3 is 2.38 bits per heavy atom. The highest BCUT2D eigenvalue weighted by atomic mass is 14.7. The average Bonchev–Trinajstić information content (AvgIpc) is 2.28. The molecule has 0 saturated heterocycles. The molecule has 1 aromatic carbocycles. The third-order valence-electron chi connectivity index (χ3n) is 1.99. The molecule has 84 valence electrons. The average molecular weight is 213 g/mol. The molecule has 0 aliphatic rings. The van der Waals surface area contributed by atoms with E-state index in [1.54, 1.807) is 6.92 Å². The number of benzene rings is 1. The van der Waals surface area contributed by atoms with Crippen LogP contribution in [-0.2, 0) is 0 Å². The Hall–Kier alpha value is -1.81. The van der Waals surface area contributed by atoms with Gasteiger partial charge >= 0.3 is 0 Å². The van der Waals surface area contributed by atoms with Crippen LogP contribution in [0.5, 0.6) is 0 Å². The zero-order valence-electron chi connectivity index (χ0n) is 10.5. The molecular formula is C15H19N. The molecule has 0 amide bonds. The van der Waals surface area contributed by atoms with E-state index in [1.807, 2.05) is 38.3 Å². The van der Waals surface area contributed by atoms with Gasteiger partial charge in [-0.1, -0.05) is 30.3 Å². The molecule has 1 rings (SSSR count). The van der Waals surface area contributed by atoms with E-state index in [9.17, 15) is 0 Å². The van der Waals surface area contributed by atoms with E-state index in [2.05, 4.69) is 36.4 Å². The second kappa shape index (κ2) is 8.49. The number of hydrogen-bond acceptors (Lipinski definition) is 1. The molecule has 0 spiro atoms. The fraction of sp³-hybridized carbons (Fsp3) is 0.267. The lowest BCUT2D eigenvalue weighted by Gasteiger charge is -2.03. The zero-order valence-corrected chi connectivity index (χ0v) is 10.5. The lowest BCUT2D eigenvalue weighted by molar-refractivity contribution is 1.39. The fourth-order valence-corrected chi connectivity index (χ4v) is 1.30. The summed E-state index contributed by atoms with van der Waals surface area (Å²) in [5, 5.41) is 0. The summed E-state index contributed by atoms with van der Waals surface area (Å²) in [4.78, 5) is 4.24. The Morgan fingerprint density at radius 1 is 1.38 bits per heavy atom. The van der Waals surface area contributed by atoms with Crippen molar-refractivity contribution in [1.29, 1.82) is 0 Å². The maximum absolute atomic E-state index is 4.60. The molecule has 0 heterocycles. The van der Waals surface area contributed by atoms with Crippen molar-refractivity contribution < 1.29 is 0 Å². The van der Waals surface area contributed by atoms with Gasteiger partial charge in [-0.25, -0.2) is 0 Å². The number of hydrogen-bond donors (Lipinski definition) is 0. The van der Waals surface area contributed by atoms with Crippen LogP contribution in [0.2, 0.25) is 0 Å². The van der Waals surface area contributed by atoms with Crippen molar-refractivity contribution in [2.45, 2.75) is 20.8 Å². The van der Waals surface area contributed by atoms with Crippen LogP contribution in [0.15, 0.2) is 41.4 Å². The largest absolute Gasteiger partial charge is 0.288 e. The molecule has 0 bridgehead atoms. The monoisotopic (exact) mass is 213 g/mol. The lowest BCUT2D eigenvalue weighted by atomic mass is 10.0. The van der Waals surface area contributed by atoms with Gasteiger partial charge in [0, 0.05) is 12.6 Å². The molecule has 1 nitrogen and oxygen atoms in total. The summed E-state index contributed by atoms with van der Waals surface area (Å²) in [5.74, 6) is 2.25. The first-order chi connectivity index (χ1) is 7.71. The van der Waals surface area contributed by atoms with Gasteiger partial charge in [0.15, 0.2) is 0 Å². The summed E-state index contributed by atoms with van der Waals surface area (Å²) < 4.78 is 0. The minimum Gasteiger partial charge on any atom is -0.288 e. The van der Waals surface area contributed by atoms with Crippen LogP contribution in [0.3, 0.4) is 0 Å². The second-order valence-corrected chi connectivity index (χ2v) is 3.21. The second-order valence-electron chi connectivity index (χ2n) is 3.21. The third kappa shape index (κ3) is 4.61. The SMILES string of the molecule is C#CC.C/C=C\C(=NC)c1ccccc1C. The smallest absolute Gasteiger partial charge is 0.0642 e. The summed E-state index contributed by atoms with van der Waals surface area (Å²) in [6, 6.07) is 8.28. The standard InChI is InChI=1S/C12H15N.C3H4/c1-4-7-12(13-3)11-9-6-5-8-10(11)2;1-3-2/h4-9H,1-3H3;1H,2H3/b7-4-,13-12?;. The van der Waals surface area contributed by atoms with Crippen LogP contribution in [0.25, 0.3) is 0 Å². The van der Waals surface area contributed by atoms with Crippen molar-refractivity contribution in [1.82, 2.24) is 0 Å². The van der Waals surface area contributed by atoms with Crippen LogP contribution < -0.4 is 0 Å². The summed E-state index contributed by atoms with van der Waals surface area (Å²) >= 11 is 0. The maximum Gasteiger partial charge on any atom is 0.0642 e. The summed E-state index contributed by atoms with van der Waals surface area (Å²) in [6.45, 7) is 5.76. The quantitative estimate of drug-likeness (QED) is 0.525. The summed E-state index contributed by atoms with van der Waals surface area (Å²) in [7, 11) is 1.82. The Balaban J connectivity index is 0.000000673. The Bertz CT molecular complexity index is 406. The molecule has 1 aromatic rings. The Labute approximate surface area is 98.9 Å². The van der Waals surface area contributed by atoms with Crippen molar-refractivity contribution in [2.75, 3.05) is 7.05 Å². The summed E-state index contributed by atoms with van der Waals surface area (Å²) in [6.07, 6.45) is 8.64. The van der Waals surface area contributed by atoms with E-state index in [0.29, 0.717) is 0 Å². The molecule has 0 radical (unpaired) electrons. The number of aryl methyl sites for hydroxylation is 1. The van der Waals surface area contributed by atoms with Crippen molar-refractivity contribution in [3.05, 3.63) is 47.5 Å². The molecule has 16 heavy (non-hydrogen) atoms. The minimum absolute atomic E-state index is 1.04. The van der Waals surface area contributed by atoms with Gasteiger partial charge in [-0.05, 0) is 32.4 Å². The van der Waals surface area contributed by atoms with Gasteiger partial charge in [0.2, 0.25) is 0 Å². The van der Waals surface area contributed by atoms with E-state index in [4.69, 9.17) is 0 Å². The van der Waals surface area contributed by atoms with Crippen LogP contribution >= 0.6 is 0 Å². The van der Waals surface area contributed by atoms with E-state index < -0.39 is 0 Å². The van der Waals surface area contributed by atoms with E-state index in [-0.39, 0.29) is 0 Å². The lowest BCUT2D eigenvalue weighted by Crippen LogP contribution is -1.98. The van der Waals surface area contributed by atoms with Crippen molar-refractivity contribution >= 4 is 5.71 Å². The zero-order chi connectivity index (χ0) is 12.4. The normalized spacial score (nSPS) is 10.6. The van der Waals surface area contributed by atoms with E-state index in [0.717, 1.165) is 5.71 Å². The molecule has 0 N–H and O–H groups in total. The number of terminal acetylenes is 1. The first-order valence-electron chi connectivity index (χ1n) is 5.24. The molecule has 0 saturated carbocycles. The van der Waals surface area contributed by atoms with Crippen LogP contribution in [0.1, 0.15) is 25.0 Å². The van der Waals surface area contributed by atoms with Gasteiger partial charge in [-0.3, -0.25) is 4.99 Å². The minimum atomic E-state index is 1.04. The van der Waals surface area contributed by atoms with Crippen molar-refractivity contribution in [2.24, 2.45) is 4.99 Å². The molecule has 0 aliphatic heterocycles. The summed E-state index contributed by atoms with van der Waals surface area (Å²) in [5.41, 5.74) is 3.52. The molecule has 0 fully saturated rings. The third-order valence-corrected chi connectivity index (χ3v) is 1.99. The van der Waals surface area contributed by atoms with E-state index >= 15 is 0 Å². The maximum atomic E-state index is 4.60. The van der Waals surface area contributed by atoms with Gasteiger partial charge in [0.1, 0.15) is 0 Å². The van der Waals surface area contributed by atoms with Crippen LogP contribution in [0.4, 0.5) is 0 Å². The van der Waals surface area contributed by atoms with Crippen LogP contribution in [-0.4, -0.2) is 12.8 Å². The number of allylic oxidation sites excluding steroid dienone is 2. The van der Waals surface area contributed by atoms with Gasteiger partial charge in [-0.2, -0.15) is 0 Å². The molecule has 0 unspecified atom stereocenters. The van der Waals surface area contributed by atoms with Gasteiger partial charge in [0.25, 0.3) is 0 Å². The molecule has 0 atom stereocenters. The van der Waals surface area contributed by atoms with Crippen molar-refractivity contribution in [3.63, 3.8) is 0 Å². The van der Waals surface area contributed by atoms with Gasteiger partial charge in [0.05, 0.1) is 5.71 Å². The van der Waals surface area contributed by atoms with Crippen molar-refractivity contribution in [3.8, 4) is 12.3 Å². The molecular weight excluding hydrogens is 194 g/mol. The number of rotatable bonds is 2. The first kappa shape index (κ1) is 14.2. The first-order valence-corrected chi connectivity index (χ1v) is 5.24. The van der Waals surface area contributed by atoms with Crippen LogP contribution in [0, 0.1) is 19.3 Å². The molecule has 1 heteroatoms. The Morgan fingerprint density at radius 2 is 1.94 bits per heavy atom. The molecule has 0 aliphatic carbocycles. The highest BCUT2D eigenvalue weighted by Gasteiger charge is 2.00. The predicted molar refractivity (Wildman–Crippen MR) is 73.0 cm³/mol. The number of nitrogens with zero attached hydrogens (tertiary/aromatic N) is 1. The highest BCUT2D eigenvalue weighted by molar-refractivity contribution is 6.09. The van der Waals surface area contributed by atoms with E-state index in [1.165, 1.54) is 11.1 Å². The van der Waals surface area contributed by atoms with Gasteiger partial charge < -0.3 is 0 Å². The topological polar surface area (TPSA) is 12.4 Å². The fourth-order valence-electron chi connectivity index (χ4n) is 1.30. The Kier molecular flexibility index (Phi) is 7.53. The molecule has 0 aromatic heterocycles. The predicted octanol–water partition coefficient (Wildman–Crippen LogP) is 3.63. The highest BCUT2D eigenvalue weighted by Crippen LogP contribution is 2.09.